The molecule has 6 heteroatoms. The number of rotatable bonds is 7. The van der Waals surface area contributed by atoms with E-state index >= 15 is 0 Å². The number of carboxylic acid groups (broad SMARTS) is 1. The van der Waals surface area contributed by atoms with Crippen LogP contribution < -0.4 is 0 Å². The number of carboxylic acids is 1. The van der Waals surface area contributed by atoms with Crippen molar-refractivity contribution in [3.63, 3.8) is 0 Å². The van der Waals surface area contributed by atoms with Crippen molar-refractivity contribution in [3.05, 3.63) is 46.7 Å². The summed E-state index contributed by atoms with van der Waals surface area (Å²) < 4.78 is 1.74. The third kappa shape index (κ3) is 4.35. The molecule has 0 spiro atoms. The van der Waals surface area contributed by atoms with E-state index in [0.29, 0.717) is 18.0 Å². The molecule has 20 heavy (non-hydrogen) atoms. The van der Waals surface area contributed by atoms with Gasteiger partial charge in [0, 0.05) is 17.6 Å². The van der Waals surface area contributed by atoms with Crippen LogP contribution in [-0.2, 0) is 17.8 Å². The first-order valence-electron chi connectivity index (χ1n) is 6.49. The molecule has 0 fully saturated rings. The van der Waals surface area contributed by atoms with E-state index in [1.165, 1.54) is 0 Å². The number of nitrogens with zero attached hydrogens (tertiary/aromatic N) is 3. The monoisotopic (exact) mass is 293 g/mol. The average Bonchev–Trinajstić information content (AvgIpc) is 2.85. The topological polar surface area (TPSA) is 68.0 Å². The molecular formula is C14H16ClN3O2. The van der Waals surface area contributed by atoms with Gasteiger partial charge in [-0.25, -0.2) is 4.68 Å². The highest BCUT2D eigenvalue weighted by molar-refractivity contribution is 6.31. The van der Waals surface area contributed by atoms with Gasteiger partial charge in [0.25, 0.3) is 0 Å². The number of benzene rings is 1. The molecule has 1 aromatic heterocycles. The van der Waals surface area contributed by atoms with Crippen molar-refractivity contribution in [2.45, 2.75) is 32.2 Å². The summed E-state index contributed by atoms with van der Waals surface area (Å²) in [5, 5.41) is 17.4. The first kappa shape index (κ1) is 14.5. The second-order valence-corrected chi connectivity index (χ2v) is 5.01. The van der Waals surface area contributed by atoms with Crippen LogP contribution in [0.4, 0.5) is 0 Å². The van der Waals surface area contributed by atoms with E-state index in [1.54, 1.807) is 4.68 Å². The summed E-state index contributed by atoms with van der Waals surface area (Å²) in [6, 6.07) is 7.63. The molecule has 2 aromatic rings. The smallest absolute Gasteiger partial charge is 0.303 e. The van der Waals surface area contributed by atoms with E-state index in [9.17, 15) is 4.79 Å². The molecule has 1 heterocycles. The second kappa shape index (κ2) is 7.05. The molecule has 0 amide bonds. The fourth-order valence-electron chi connectivity index (χ4n) is 1.91. The first-order chi connectivity index (χ1) is 9.65. The third-order valence-electron chi connectivity index (χ3n) is 2.95. The minimum absolute atomic E-state index is 0.202. The van der Waals surface area contributed by atoms with Crippen LogP contribution >= 0.6 is 11.6 Å². The van der Waals surface area contributed by atoms with Crippen LogP contribution in [0.15, 0.2) is 30.5 Å². The van der Waals surface area contributed by atoms with Gasteiger partial charge in [0.2, 0.25) is 0 Å². The van der Waals surface area contributed by atoms with Gasteiger partial charge < -0.3 is 5.11 Å². The van der Waals surface area contributed by atoms with Crippen molar-refractivity contribution in [1.82, 2.24) is 15.0 Å². The van der Waals surface area contributed by atoms with Crippen molar-refractivity contribution in [3.8, 4) is 0 Å². The minimum Gasteiger partial charge on any atom is -0.481 e. The van der Waals surface area contributed by atoms with Crippen LogP contribution in [0.1, 0.15) is 30.5 Å². The summed E-state index contributed by atoms with van der Waals surface area (Å²) in [4.78, 5) is 10.4. The Kier molecular flexibility index (Phi) is 5.12. The SMILES string of the molecule is O=C(O)CCCCc1cn(Cc2ccccc2Cl)nn1. The molecule has 0 unspecified atom stereocenters. The third-order valence-corrected chi connectivity index (χ3v) is 3.32. The van der Waals surface area contributed by atoms with Gasteiger partial charge in [-0.3, -0.25) is 4.79 Å². The van der Waals surface area contributed by atoms with E-state index < -0.39 is 5.97 Å². The van der Waals surface area contributed by atoms with Gasteiger partial charge in [0.05, 0.1) is 12.2 Å². The molecule has 0 aliphatic heterocycles. The Morgan fingerprint density at radius 1 is 1.30 bits per heavy atom. The fraction of sp³-hybridized carbons (Fsp3) is 0.357. The normalized spacial score (nSPS) is 10.7. The summed E-state index contributed by atoms with van der Waals surface area (Å²) in [5.74, 6) is -0.757. The Balaban J connectivity index is 1.86. The molecule has 5 nitrogen and oxygen atoms in total. The van der Waals surface area contributed by atoms with E-state index in [1.807, 2.05) is 30.5 Å². The molecule has 0 radical (unpaired) electrons. The highest BCUT2D eigenvalue weighted by Crippen LogP contribution is 2.16. The molecule has 1 N–H and O–H groups in total. The number of hydrogen-bond donors (Lipinski definition) is 1. The van der Waals surface area contributed by atoms with Crippen LogP contribution in [0.3, 0.4) is 0 Å². The zero-order chi connectivity index (χ0) is 14.4. The molecular weight excluding hydrogens is 278 g/mol. The maximum absolute atomic E-state index is 10.4. The lowest BCUT2D eigenvalue weighted by Crippen LogP contribution is -2.00. The highest BCUT2D eigenvalue weighted by atomic mass is 35.5. The molecule has 0 atom stereocenters. The Morgan fingerprint density at radius 3 is 2.85 bits per heavy atom. The van der Waals surface area contributed by atoms with E-state index in [-0.39, 0.29) is 6.42 Å². The zero-order valence-corrected chi connectivity index (χ0v) is 11.8. The zero-order valence-electron chi connectivity index (χ0n) is 11.0. The molecule has 0 aliphatic rings. The Morgan fingerprint density at radius 2 is 2.10 bits per heavy atom. The van der Waals surface area contributed by atoms with Gasteiger partial charge in [-0.2, -0.15) is 0 Å². The van der Waals surface area contributed by atoms with E-state index in [2.05, 4.69) is 10.3 Å². The number of aromatic nitrogens is 3. The highest BCUT2D eigenvalue weighted by Gasteiger charge is 2.05. The standard InChI is InChI=1S/C14H16ClN3O2/c15-13-7-3-1-5-11(13)9-18-10-12(16-17-18)6-2-4-8-14(19)20/h1,3,5,7,10H,2,4,6,8-9H2,(H,19,20). The largest absolute Gasteiger partial charge is 0.481 e. The van der Waals surface area contributed by atoms with Crippen molar-refractivity contribution < 1.29 is 9.90 Å². The van der Waals surface area contributed by atoms with Crippen molar-refractivity contribution in [2.75, 3.05) is 0 Å². The Bertz CT molecular complexity index is 583. The van der Waals surface area contributed by atoms with Gasteiger partial charge in [-0.15, -0.1) is 5.10 Å². The lowest BCUT2D eigenvalue weighted by Gasteiger charge is -2.02. The number of aliphatic carboxylic acids is 1. The van der Waals surface area contributed by atoms with Crippen LogP contribution in [0.5, 0.6) is 0 Å². The number of aryl methyl sites for hydroxylation is 1. The van der Waals surface area contributed by atoms with Crippen LogP contribution in [0.2, 0.25) is 5.02 Å². The Hall–Kier alpha value is -1.88. The lowest BCUT2D eigenvalue weighted by molar-refractivity contribution is -0.137. The molecule has 0 saturated carbocycles. The number of hydrogen-bond acceptors (Lipinski definition) is 3. The fourth-order valence-corrected chi connectivity index (χ4v) is 2.11. The molecule has 1 aromatic carbocycles. The van der Waals surface area contributed by atoms with Gasteiger partial charge in [-0.1, -0.05) is 35.0 Å². The van der Waals surface area contributed by atoms with Crippen LogP contribution in [0, 0.1) is 0 Å². The van der Waals surface area contributed by atoms with Crippen LogP contribution in [-0.4, -0.2) is 26.1 Å². The predicted octanol–water partition coefficient (Wildman–Crippen LogP) is 2.78. The number of halogens is 1. The number of unbranched alkanes of at least 4 members (excludes halogenated alkanes) is 1. The van der Waals surface area contributed by atoms with E-state index in [0.717, 1.165) is 24.1 Å². The lowest BCUT2D eigenvalue weighted by atomic mass is 10.1. The molecule has 2 rings (SSSR count). The summed E-state index contributed by atoms with van der Waals surface area (Å²) in [7, 11) is 0. The second-order valence-electron chi connectivity index (χ2n) is 4.60. The number of carbonyl (C=O) groups is 1. The summed E-state index contributed by atoms with van der Waals surface area (Å²) in [6.07, 6.45) is 4.29. The van der Waals surface area contributed by atoms with Crippen molar-refractivity contribution >= 4 is 17.6 Å². The van der Waals surface area contributed by atoms with Crippen molar-refractivity contribution in [1.29, 1.82) is 0 Å². The maximum Gasteiger partial charge on any atom is 0.303 e. The molecule has 106 valence electrons. The quantitative estimate of drug-likeness (QED) is 0.797. The van der Waals surface area contributed by atoms with Gasteiger partial charge in [0.1, 0.15) is 0 Å². The molecule has 0 saturated heterocycles. The minimum atomic E-state index is -0.757. The van der Waals surface area contributed by atoms with Crippen molar-refractivity contribution in [2.24, 2.45) is 0 Å². The van der Waals surface area contributed by atoms with Gasteiger partial charge in [-0.05, 0) is 30.9 Å². The van der Waals surface area contributed by atoms with E-state index in [4.69, 9.17) is 16.7 Å². The summed E-state index contributed by atoms with van der Waals surface area (Å²) in [6.45, 7) is 0.585. The average molecular weight is 294 g/mol. The van der Waals surface area contributed by atoms with Gasteiger partial charge >= 0.3 is 5.97 Å². The van der Waals surface area contributed by atoms with Gasteiger partial charge in [0.15, 0.2) is 0 Å². The summed E-state index contributed by atoms with van der Waals surface area (Å²) in [5.41, 5.74) is 1.87. The predicted molar refractivity (Wildman–Crippen MR) is 75.8 cm³/mol. The molecule has 0 aliphatic carbocycles. The Labute approximate surface area is 122 Å². The summed E-state index contributed by atoms with van der Waals surface area (Å²) >= 11 is 6.10. The van der Waals surface area contributed by atoms with Crippen LogP contribution in [0.25, 0.3) is 0 Å². The molecule has 0 bridgehead atoms. The maximum atomic E-state index is 10.4. The first-order valence-corrected chi connectivity index (χ1v) is 6.87.